The zero-order valence-electron chi connectivity index (χ0n) is 13.9. The predicted octanol–water partition coefficient (Wildman–Crippen LogP) is 1.80. The second-order valence-corrected chi connectivity index (χ2v) is 5.81. The van der Waals surface area contributed by atoms with Gasteiger partial charge in [-0.3, -0.25) is 4.79 Å². The van der Waals surface area contributed by atoms with Crippen molar-refractivity contribution in [3.8, 4) is 0 Å². The molecule has 0 amide bonds. The van der Waals surface area contributed by atoms with Crippen LogP contribution in [0.3, 0.4) is 0 Å². The fourth-order valence-corrected chi connectivity index (χ4v) is 2.91. The lowest BCUT2D eigenvalue weighted by Gasteiger charge is -2.36. The minimum Gasteiger partial charge on any atom is -0.462 e. The second-order valence-electron chi connectivity index (χ2n) is 5.02. The number of esters is 1. The van der Waals surface area contributed by atoms with E-state index in [9.17, 15) is 9.59 Å². The van der Waals surface area contributed by atoms with Crippen molar-refractivity contribution in [2.24, 2.45) is 0 Å². The molecule has 0 atom stereocenters. The Labute approximate surface area is 147 Å². The standard InChI is InChI=1S/C15H20BrNO7/c1-5-22-14(19)9-6-17(7-10(20-3)21-4)12(11(16)13(9)18)15-23-8(2)24-15/h6,8,10,15H,5,7H2,1-4H3. The van der Waals surface area contributed by atoms with E-state index in [0.29, 0.717) is 5.69 Å². The molecule has 0 aromatic carbocycles. The summed E-state index contributed by atoms with van der Waals surface area (Å²) < 4.78 is 28.1. The molecule has 0 radical (unpaired) electrons. The monoisotopic (exact) mass is 405 g/mol. The van der Waals surface area contributed by atoms with Gasteiger partial charge < -0.3 is 28.3 Å². The number of halogens is 1. The number of methoxy groups -OCH3 is 2. The van der Waals surface area contributed by atoms with E-state index < -0.39 is 24.0 Å². The maximum absolute atomic E-state index is 12.5. The number of aromatic nitrogens is 1. The lowest BCUT2D eigenvalue weighted by Crippen LogP contribution is -2.37. The predicted molar refractivity (Wildman–Crippen MR) is 86.5 cm³/mol. The third kappa shape index (κ3) is 3.86. The summed E-state index contributed by atoms with van der Waals surface area (Å²) in [6.07, 6.45) is -0.254. The summed E-state index contributed by atoms with van der Waals surface area (Å²) in [5.41, 5.74) is -0.131. The van der Waals surface area contributed by atoms with Gasteiger partial charge in [0.25, 0.3) is 0 Å². The second kappa shape index (κ2) is 8.21. The zero-order chi connectivity index (χ0) is 17.9. The van der Waals surface area contributed by atoms with Gasteiger partial charge >= 0.3 is 5.97 Å². The Morgan fingerprint density at radius 3 is 2.50 bits per heavy atom. The van der Waals surface area contributed by atoms with Crippen LogP contribution in [0, 0.1) is 0 Å². The van der Waals surface area contributed by atoms with Gasteiger partial charge in [-0.15, -0.1) is 0 Å². The number of rotatable bonds is 7. The minimum absolute atomic E-state index is 0.0918. The normalized spacial score (nSPS) is 20.1. The Balaban J connectivity index is 2.49. The van der Waals surface area contributed by atoms with E-state index in [2.05, 4.69) is 15.9 Å². The number of hydrogen-bond donors (Lipinski definition) is 0. The summed E-state index contributed by atoms with van der Waals surface area (Å²) in [4.78, 5) is 24.5. The third-order valence-corrected chi connectivity index (χ3v) is 4.25. The van der Waals surface area contributed by atoms with E-state index >= 15 is 0 Å². The highest BCUT2D eigenvalue weighted by molar-refractivity contribution is 9.10. The molecule has 1 aliphatic heterocycles. The molecule has 0 spiro atoms. The van der Waals surface area contributed by atoms with Gasteiger partial charge in [-0.05, 0) is 29.8 Å². The number of carbonyl (C=O) groups is 1. The van der Waals surface area contributed by atoms with Gasteiger partial charge in [-0.2, -0.15) is 0 Å². The van der Waals surface area contributed by atoms with E-state index in [1.807, 2.05) is 0 Å². The molecule has 0 aliphatic carbocycles. The number of nitrogens with zero attached hydrogens (tertiary/aromatic N) is 1. The topological polar surface area (TPSA) is 85.2 Å². The van der Waals surface area contributed by atoms with Gasteiger partial charge in [-0.1, -0.05) is 0 Å². The average Bonchev–Trinajstić information content (AvgIpc) is 2.53. The first-order chi connectivity index (χ1) is 11.4. The minimum atomic E-state index is -0.715. The maximum Gasteiger partial charge on any atom is 0.343 e. The lowest BCUT2D eigenvalue weighted by atomic mass is 10.2. The van der Waals surface area contributed by atoms with Crippen LogP contribution in [-0.4, -0.2) is 43.9 Å². The summed E-state index contributed by atoms with van der Waals surface area (Å²) in [5.74, 6) is -0.696. The average molecular weight is 406 g/mol. The smallest absolute Gasteiger partial charge is 0.343 e. The quantitative estimate of drug-likeness (QED) is 0.504. The van der Waals surface area contributed by atoms with Crippen molar-refractivity contribution in [1.82, 2.24) is 4.57 Å². The number of hydrogen-bond acceptors (Lipinski definition) is 7. The summed E-state index contributed by atoms with van der Waals surface area (Å²) >= 11 is 3.25. The largest absolute Gasteiger partial charge is 0.462 e. The van der Waals surface area contributed by atoms with E-state index in [4.69, 9.17) is 23.7 Å². The fourth-order valence-electron chi connectivity index (χ4n) is 2.28. The van der Waals surface area contributed by atoms with Crippen molar-refractivity contribution in [3.05, 3.63) is 32.2 Å². The van der Waals surface area contributed by atoms with Crippen LogP contribution in [0.2, 0.25) is 0 Å². The highest BCUT2D eigenvalue weighted by atomic mass is 79.9. The molecule has 1 aliphatic rings. The van der Waals surface area contributed by atoms with Crippen LogP contribution in [0.15, 0.2) is 15.5 Å². The van der Waals surface area contributed by atoms with Gasteiger partial charge in [0.2, 0.25) is 11.7 Å². The first kappa shape index (κ1) is 19.1. The van der Waals surface area contributed by atoms with E-state index in [0.717, 1.165) is 0 Å². The molecule has 9 heteroatoms. The molecule has 2 rings (SSSR count). The van der Waals surface area contributed by atoms with Crippen LogP contribution in [0.4, 0.5) is 0 Å². The van der Waals surface area contributed by atoms with Crippen LogP contribution < -0.4 is 5.43 Å². The van der Waals surface area contributed by atoms with E-state index in [1.54, 1.807) is 18.4 Å². The van der Waals surface area contributed by atoms with Crippen molar-refractivity contribution in [1.29, 1.82) is 0 Å². The summed E-state index contributed by atoms with van der Waals surface area (Å²) in [6.45, 7) is 3.81. The number of carbonyl (C=O) groups excluding carboxylic acids is 1. The Kier molecular flexibility index (Phi) is 6.53. The molecular weight excluding hydrogens is 386 g/mol. The van der Waals surface area contributed by atoms with Gasteiger partial charge in [0.15, 0.2) is 12.6 Å². The van der Waals surface area contributed by atoms with Gasteiger partial charge in [0, 0.05) is 20.4 Å². The molecule has 0 unspecified atom stereocenters. The Bertz CT molecular complexity index is 650. The first-order valence-corrected chi connectivity index (χ1v) is 8.18. The molecular formula is C15H20BrNO7. The van der Waals surface area contributed by atoms with Crippen molar-refractivity contribution in [2.75, 3.05) is 20.8 Å². The highest BCUT2D eigenvalue weighted by Crippen LogP contribution is 2.34. The van der Waals surface area contributed by atoms with E-state index in [1.165, 1.54) is 20.4 Å². The molecule has 2 heterocycles. The van der Waals surface area contributed by atoms with Crippen LogP contribution in [-0.2, 0) is 30.2 Å². The van der Waals surface area contributed by atoms with Crippen LogP contribution in [0.5, 0.6) is 0 Å². The van der Waals surface area contributed by atoms with Crippen molar-refractivity contribution < 1.29 is 28.5 Å². The molecule has 1 saturated heterocycles. The zero-order valence-corrected chi connectivity index (χ0v) is 15.5. The van der Waals surface area contributed by atoms with Crippen LogP contribution in [0.25, 0.3) is 0 Å². The van der Waals surface area contributed by atoms with Gasteiger partial charge in [0.05, 0.1) is 23.3 Å². The van der Waals surface area contributed by atoms with Crippen molar-refractivity contribution in [3.63, 3.8) is 0 Å². The molecule has 0 bridgehead atoms. The highest BCUT2D eigenvalue weighted by Gasteiger charge is 2.35. The first-order valence-electron chi connectivity index (χ1n) is 7.39. The molecule has 1 aromatic rings. The fraction of sp³-hybridized carbons (Fsp3) is 0.600. The maximum atomic E-state index is 12.5. The summed E-state index contributed by atoms with van der Waals surface area (Å²) in [6, 6.07) is 0. The molecule has 134 valence electrons. The van der Waals surface area contributed by atoms with E-state index in [-0.39, 0.29) is 29.5 Å². The summed E-state index contributed by atoms with van der Waals surface area (Å²) in [7, 11) is 2.99. The Morgan fingerprint density at radius 2 is 2.00 bits per heavy atom. The Morgan fingerprint density at radius 1 is 1.38 bits per heavy atom. The van der Waals surface area contributed by atoms with Crippen LogP contribution in [0.1, 0.15) is 36.2 Å². The summed E-state index contributed by atoms with van der Waals surface area (Å²) in [5, 5.41) is 0. The molecule has 0 N–H and O–H groups in total. The van der Waals surface area contributed by atoms with Gasteiger partial charge in [-0.25, -0.2) is 4.79 Å². The van der Waals surface area contributed by atoms with Crippen molar-refractivity contribution in [2.45, 2.75) is 39.3 Å². The van der Waals surface area contributed by atoms with Gasteiger partial charge in [0.1, 0.15) is 5.56 Å². The number of ether oxygens (including phenoxy) is 5. The van der Waals surface area contributed by atoms with Crippen LogP contribution >= 0.6 is 15.9 Å². The number of pyridine rings is 1. The molecule has 1 fully saturated rings. The SMILES string of the molecule is CCOC(=O)c1cn(CC(OC)OC)c(C2OC(C)O2)c(Br)c1=O. The molecule has 24 heavy (non-hydrogen) atoms. The molecule has 1 aromatic heterocycles. The molecule has 0 saturated carbocycles. The third-order valence-electron chi connectivity index (χ3n) is 3.48. The lowest BCUT2D eigenvalue weighted by molar-refractivity contribution is -0.385. The Hall–Kier alpha value is -1.26. The molecule has 8 nitrogen and oxygen atoms in total. The van der Waals surface area contributed by atoms with Crippen molar-refractivity contribution >= 4 is 21.9 Å².